The van der Waals surface area contributed by atoms with Gasteiger partial charge in [-0.3, -0.25) is 9.69 Å². The molecule has 1 heterocycles. The van der Waals surface area contributed by atoms with Crippen LogP contribution >= 0.6 is 0 Å². The topological polar surface area (TPSA) is 20.3 Å². The number of hydrogen-bond acceptors (Lipinski definition) is 2. The molecule has 0 unspecified atom stereocenters. The predicted molar refractivity (Wildman–Crippen MR) is 100 cm³/mol. The summed E-state index contributed by atoms with van der Waals surface area (Å²) in [5.74, 6) is -0.724. The second-order valence-corrected chi connectivity index (χ2v) is 6.49. The molecule has 0 bridgehead atoms. The van der Waals surface area contributed by atoms with Gasteiger partial charge < -0.3 is 0 Å². The van der Waals surface area contributed by atoms with Gasteiger partial charge in [-0.2, -0.15) is 0 Å². The van der Waals surface area contributed by atoms with Crippen LogP contribution in [0.4, 0.5) is 8.78 Å². The van der Waals surface area contributed by atoms with Crippen LogP contribution in [0.5, 0.6) is 0 Å². The Morgan fingerprint density at radius 3 is 1.85 bits per heavy atom. The lowest BCUT2D eigenvalue weighted by Gasteiger charge is -2.29. The molecule has 2 nitrogen and oxygen atoms in total. The highest BCUT2D eigenvalue weighted by atomic mass is 19.1. The maximum Gasteiger partial charge on any atom is 0.187 e. The first-order valence-electron chi connectivity index (χ1n) is 8.74. The Morgan fingerprint density at radius 1 is 0.923 bits per heavy atom. The molecule has 3 rings (SSSR count). The van der Waals surface area contributed by atoms with Crippen LogP contribution in [-0.4, -0.2) is 30.3 Å². The van der Waals surface area contributed by atoms with Gasteiger partial charge >= 0.3 is 0 Å². The molecule has 0 saturated carbocycles. The van der Waals surface area contributed by atoms with Gasteiger partial charge in [-0.15, -0.1) is 0 Å². The van der Waals surface area contributed by atoms with Gasteiger partial charge in [0.15, 0.2) is 5.78 Å². The first-order chi connectivity index (χ1) is 12.5. The van der Waals surface area contributed by atoms with Crippen molar-refractivity contribution in [1.82, 2.24) is 4.90 Å². The Morgan fingerprint density at radius 2 is 1.42 bits per heavy atom. The second kappa shape index (κ2) is 8.19. The fraction of sp³-hybridized carbons (Fsp3) is 0.227. The average Bonchev–Trinajstić information content (AvgIpc) is 2.59. The SMILES string of the molecule is CCCN1C/C(=C\c2cccc(F)c2)C(=O)/C(=C/c2cccc(F)c2)C1. The molecule has 1 aliphatic rings. The first kappa shape index (κ1) is 18.2. The zero-order valence-corrected chi connectivity index (χ0v) is 14.7. The summed E-state index contributed by atoms with van der Waals surface area (Å²) >= 11 is 0. The lowest BCUT2D eigenvalue weighted by atomic mass is 9.94. The lowest BCUT2D eigenvalue weighted by molar-refractivity contribution is -0.113. The smallest absolute Gasteiger partial charge is 0.187 e. The van der Waals surface area contributed by atoms with Gasteiger partial charge in [0, 0.05) is 24.2 Å². The molecule has 1 saturated heterocycles. The number of likely N-dealkylation sites (tertiary alicyclic amines) is 1. The fourth-order valence-corrected chi connectivity index (χ4v) is 3.18. The molecule has 0 N–H and O–H groups in total. The third kappa shape index (κ3) is 4.52. The van der Waals surface area contributed by atoms with E-state index in [0.29, 0.717) is 35.4 Å². The van der Waals surface area contributed by atoms with Crippen LogP contribution in [0.25, 0.3) is 12.2 Å². The van der Waals surface area contributed by atoms with Gasteiger partial charge in [0.05, 0.1) is 0 Å². The fourth-order valence-electron chi connectivity index (χ4n) is 3.18. The summed E-state index contributed by atoms with van der Waals surface area (Å²) in [6, 6.07) is 12.4. The molecule has 0 aliphatic carbocycles. The number of ketones is 1. The number of hydrogen-bond donors (Lipinski definition) is 0. The summed E-state index contributed by atoms with van der Waals surface area (Å²) in [4.78, 5) is 15.1. The Balaban J connectivity index is 1.96. The van der Waals surface area contributed by atoms with Crippen molar-refractivity contribution in [3.05, 3.63) is 82.4 Å². The molecule has 134 valence electrons. The number of piperidine rings is 1. The van der Waals surface area contributed by atoms with Crippen LogP contribution in [-0.2, 0) is 4.79 Å². The van der Waals surface area contributed by atoms with Crippen molar-refractivity contribution in [2.75, 3.05) is 19.6 Å². The molecule has 0 atom stereocenters. The number of halogens is 2. The van der Waals surface area contributed by atoms with Crippen molar-refractivity contribution < 1.29 is 13.6 Å². The number of carbonyl (C=O) groups excluding carboxylic acids is 1. The lowest BCUT2D eigenvalue weighted by Crippen LogP contribution is -2.38. The predicted octanol–water partition coefficient (Wildman–Crippen LogP) is 4.73. The minimum Gasteiger partial charge on any atom is -0.295 e. The number of nitrogens with zero attached hydrogens (tertiary/aromatic N) is 1. The maximum atomic E-state index is 13.4. The highest BCUT2D eigenvalue weighted by Crippen LogP contribution is 2.22. The van der Waals surface area contributed by atoms with Crippen LogP contribution in [0.3, 0.4) is 0 Å². The molecular formula is C22H21F2NO. The molecule has 0 amide bonds. The molecule has 2 aromatic carbocycles. The third-order valence-corrected chi connectivity index (χ3v) is 4.29. The molecule has 1 aliphatic heterocycles. The number of rotatable bonds is 4. The third-order valence-electron chi connectivity index (χ3n) is 4.29. The summed E-state index contributed by atoms with van der Waals surface area (Å²) in [5.41, 5.74) is 2.57. The van der Waals surface area contributed by atoms with Gasteiger partial charge in [-0.05, 0) is 60.5 Å². The van der Waals surface area contributed by atoms with E-state index in [1.165, 1.54) is 24.3 Å². The quantitative estimate of drug-likeness (QED) is 0.741. The minimum absolute atomic E-state index is 0.0640. The second-order valence-electron chi connectivity index (χ2n) is 6.49. The van der Waals surface area contributed by atoms with Gasteiger partial charge in [-0.1, -0.05) is 31.2 Å². The monoisotopic (exact) mass is 353 g/mol. The summed E-state index contributed by atoms with van der Waals surface area (Å²) in [5, 5.41) is 0. The van der Waals surface area contributed by atoms with E-state index < -0.39 is 0 Å². The van der Waals surface area contributed by atoms with Crippen molar-refractivity contribution in [3.8, 4) is 0 Å². The van der Waals surface area contributed by atoms with Crippen molar-refractivity contribution in [2.45, 2.75) is 13.3 Å². The summed E-state index contributed by atoms with van der Waals surface area (Å²) in [6.45, 7) is 4.00. The minimum atomic E-state index is -0.330. The zero-order valence-electron chi connectivity index (χ0n) is 14.7. The molecule has 26 heavy (non-hydrogen) atoms. The van der Waals surface area contributed by atoms with Crippen molar-refractivity contribution >= 4 is 17.9 Å². The molecule has 2 aromatic rings. The largest absolute Gasteiger partial charge is 0.295 e. The molecule has 0 spiro atoms. The van der Waals surface area contributed by atoms with E-state index in [-0.39, 0.29) is 17.4 Å². The standard InChI is InChI=1S/C22H21F2NO/c1-2-9-25-14-18(10-16-5-3-7-20(23)12-16)22(26)19(15-25)11-17-6-4-8-21(24)13-17/h3-8,10-13H,2,9,14-15H2,1H3/b18-10+,19-11+. The van der Waals surface area contributed by atoms with Crippen LogP contribution in [0.15, 0.2) is 59.7 Å². The van der Waals surface area contributed by atoms with E-state index in [1.54, 1.807) is 36.4 Å². The van der Waals surface area contributed by atoms with E-state index in [4.69, 9.17) is 0 Å². The van der Waals surface area contributed by atoms with Crippen LogP contribution in [0.2, 0.25) is 0 Å². The molecule has 1 fully saturated rings. The molecule has 0 aromatic heterocycles. The zero-order chi connectivity index (χ0) is 18.5. The summed E-state index contributed by atoms with van der Waals surface area (Å²) < 4.78 is 26.9. The van der Waals surface area contributed by atoms with Crippen LogP contribution < -0.4 is 0 Å². The van der Waals surface area contributed by atoms with E-state index in [2.05, 4.69) is 11.8 Å². The Hall–Kier alpha value is -2.59. The van der Waals surface area contributed by atoms with Gasteiger partial charge in [-0.25, -0.2) is 8.78 Å². The Kier molecular flexibility index (Phi) is 5.74. The van der Waals surface area contributed by atoms with E-state index in [1.807, 2.05) is 0 Å². The Labute approximate surface area is 152 Å². The van der Waals surface area contributed by atoms with Crippen molar-refractivity contribution in [2.24, 2.45) is 0 Å². The van der Waals surface area contributed by atoms with Crippen LogP contribution in [0, 0.1) is 11.6 Å². The van der Waals surface area contributed by atoms with E-state index >= 15 is 0 Å². The first-order valence-corrected chi connectivity index (χ1v) is 8.74. The Bertz CT molecular complexity index is 802. The summed E-state index contributed by atoms with van der Waals surface area (Å²) in [7, 11) is 0. The number of carbonyl (C=O) groups is 1. The number of benzene rings is 2. The molecule has 0 radical (unpaired) electrons. The molecular weight excluding hydrogens is 332 g/mol. The van der Waals surface area contributed by atoms with E-state index in [0.717, 1.165) is 13.0 Å². The highest BCUT2D eigenvalue weighted by molar-refractivity contribution is 6.14. The maximum absolute atomic E-state index is 13.4. The van der Waals surface area contributed by atoms with Gasteiger partial charge in [0.2, 0.25) is 0 Å². The van der Waals surface area contributed by atoms with E-state index in [9.17, 15) is 13.6 Å². The summed E-state index contributed by atoms with van der Waals surface area (Å²) in [6.07, 6.45) is 4.45. The normalized spacial score (nSPS) is 18.7. The van der Waals surface area contributed by atoms with Crippen LogP contribution in [0.1, 0.15) is 24.5 Å². The van der Waals surface area contributed by atoms with Crippen molar-refractivity contribution in [3.63, 3.8) is 0 Å². The van der Waals surface area contributed by atoms with Gasteiger partial charge in [0.25, 0.3) is 0 Å². The number of Topliss-reactive ketones (excluding diaryl/α,β-unsaturated/α-hetero) is 1. The van der Waals surface area contributed by atoms with Crippen molar-refractivity contribution in [1.29, 1.82) is 0 Å². The highest BCUT2D eigenvalue weighted by Gasteiger charge is 2.25. The molecule has 4 heteroatoms. The van der Waals surface area contributed by atoms with Gasteiger partial charge in [0.1, 0.15) is 11.6 Å². The average molecular weight is 353 g/mol.